The summed E-state index contributed by atoms with van der Waals surface area (Å²) in [7, 11) is 0. The Labute approximate surface area is 114 Å². The van der Waals surface area contributed by atoms with Gasteiger partial charge in [0.05, 0.1) is 4.92 Å². The van der Waals surface area contributed by atoms with Crippen LogP contribution in [0.25, 0.3) is 0 Å². The van der Waals surface area contributed by atoms with Crippen LogP contribution >= 0.6 is 0 Å². The minimum atomic E-state index is -0.285. The lowest BCUT2D eigenvalue weighted by Gasteiger charge is -2.53. The summed E-state index contributed by atoms with van der Waals surface area (Å²) in [4.78, 5) is 10.7. The molecule has 0 spiro atoms. The molecule has 1 fully saturated rings. The summed E-state index contributed by atoms with van der Waals surface area (Å²) in [6.07, 6.45) is 1.06. The van der Waals surface area contributed by atoms with Gasteiger partial charge in [-0.15, -0.1) is 0 Å². The first-order valence-electron chi connectivity index (χ1n) is 6.86. The minimum absolute atomic E-state index is 0.152. The Kier molecular flexibility index (Phi) is 3.63. The highest BCUT2D eigenvalue weighted by Gasteiger charge is 2.48. The van der Waals surface area contributed by atoms with Crippen LogP contribution in [0.3, 0.4) is 0 Å². The van der Waals surface area contributed by atoms with Crippen molar-refractivity contribution in [2.75, 3.05) is 6.54 Å². The second-order valence-electron chi connectivity index (χ2n) is 6.02. The van der Waals surface area contributed by atoms with Gasteiger partial charge in [-0.05, 0) is 36.8 Å². The fraction of sp³-hybridized carbons (Fsp3) is 0.600. The molecular formula is C15H22N2O2. The summed E-state index contributed by atoms with van der Waals surface area (Å²) in [5.74, 6) is 0.399. The number of nitro groups is 1. The smallest absolute Gasteiger partial charge is 0.272 e. The van der Waals surface area contributed by atoms with Crippen LogP contribution in [0.5, 0.6) is 0 Å². The molecule has 19 heavy (non-hydrogen) atoms. The van der Waals surface area contributed by atoms with Gasteiger partial charge >= 0.3 is 0 Å². The Balaban J connectivity index is 2.25. The second kappa shape index (κ2) is 4.93. The van der Waals surface area contributed by atoms with E-state index >= 15 is 0 Å². The third-order valence-corrected chi connectivity index (χ3v) is 4.55. The predicted octanol–water partition coefficient (Wildman–Crippen LogP) is 3.39. The van der Waals surface area contributed by atoms with Crippen molar-refractivity contribution in [2.45, 2.75) is 46.1 Å². The van der Waals surface area contributed by atoms with Gasteiger partial charge in [0.1, 0.15) is 0 Å². The first-order chi connectivity index (χ1) is 8.87. The lowest BCUT2D eigenvalue weighted by atomic mass is 9.56. The van der Waals surface area contributed by atoms with Gasteiger partial charge in [0.15, 0.2) is 0 Å². The van der Waals surface area contributed by atoms with Crippen molar-refractivity contribution in [2.24, 2.45) is 5.41 Å². The third-order valence-electron chi connectivity index (χ3n) is 4.55. The molecule has 0 radical (unpaired) electrons. The van der Waals surface area contributed by atoms with E-state index in [0.29, 0.717) is 12.0 Å². The molecule has 1 aromatic carbocycles. The average Bonchev–Trinajstić information content (AvgIpc) is 2.35. The standard InChI is InChI=1S/C15H22N2O2/c1-5-16-14-9-12(15(14,3)4)11-7-6-10(2)13(8-11)17(18)19/h6-8,12,14,16H,5,9H2,1-4H3. The first kappa shape index (κ1) is 14.0. The van der Waals surface area contributed by atoms with Crippen LogP contribution in [0, 0.1) is 22.5 Å². The van der Waals surface area contributed by atoms with E-state index in [1.807, 2.05) is 12.1 Å². The topological polar surface area (TPSA) is 55.2 Å². The fourth-order valence-electron chi connectivity index (χ4n) is 3.12. The van der Waals surface area contributed by atoms with Crippen molar-refractivity contribution in [3.05, 3.63) is 39.4 Å². The van der Waals surface area contributed by atoms with Crippen molar-refractivity contribution in [1.82, 2.24) is 5.32 Å². The van der Waals surface area contributed by atoms with Crippen LogP contribution in [0.2, 0.25) is 0 Å². The van der Waals surface area contributed by atoms with Gasteiger partial charge in [0, 0.05) is 17.7 Å². The van der Waals surface area contributed by atoms with Crippen molar-refractivity contribution < 1.29 is 4.92 Å². The molecule has 0 aliphatic heterocycles. The Hall–Kier alpha value is -1.42. The van der Waals surface area contributed by atoms with E-state index in [1.165, 1.54) is 0 Å². The molecule has 2 rings (SSSR count). The lowest BCUT2D eigenvalue weighted by Crippen LogP contribution is -2.55. The Morgan fingerprint density at radius 2 is 2.16 bits per heavy atom. The van der Waals surface area contributed by atoms with E-state index in [1.54, 1.807) is 13.0 Å². The van der Waals surface area contributed by atoms with Crippen molar-refractivity contribution >= 4 is 5.69 Å². The zero-order chi connectivity index (χ0) is 14.2. The maximum atomic E-state index is 11.0. The average molecular weight is 262 g/mol. The van der Waals surface area contributed by atoms with Crippen molar-refractivity contribution in [1.29, 1.82) is 0 Å². The van der Waals surface area contributed by atoms with E-state index in [0.717, 1.165) is 24.1 Å². The van der Waals surface area contributed by atoms with Crippen LogP contribution in [0.4, 0.5) is 5.69 Å². The molecular weight excluding hydrogens is 240 g/mol. The second-order valence-corrected chi connectivity index (χ2v) is 6.02. The normalized spacial score (nSPS) is 24.8. The van der Waals surface area contributed by atoms with Crippen molar-refractivity contribution in [3.63, 3.8) is 0 Å². The number of hydrogen-bond donors (Lipinski definition) is 1. The number of nitrogens with one attached hydrogen (secondary N) is 1. The molecule has 0 amide bonds. The number of rotatable bonds is 4. The molecule has 2 atom stereocenters. The van der Waals surface area contributed by atoms with Gasteiger partial charge in [-0.25, -0.2) is 0 Å². The molecule has 4 nitrogen and oxygen atoms in total. The molecule has 1 aliphatic rings. The van der Waals surface area contributed by atoms with Gasteiger partial charge in [-0.1, -0.05) is 32.9 Å². The molecule has 2 unspecified atom stereocenters. The Bertz CT molecular complexity index is 497. The molecule has 0 heterocycles. The van der Waals surface area contributed by atoms with E-state index in [2.05, 4.69) is 26.1 Å². The van der Waals surface area contributed by atoms with Crippen molar-refractivity contribution in [3.8, 4) is 0 Å². The van der Waals surface area contributed by atoms with Gasteiger partial charge in [-0.2, -0.15) is 0 Å². The first-order valence-corrected chi connectivity index (χ1v) is 6.86. The molecule has 1 aliphatic carbocycles. The zero-order valence-corrected chi connectivity index (χ0v) is 12.1. The van der Waals surface area contributed by atoms with Gasteiger partial charge in [0.25, 0.3) is 5.69 Å². The zero-order valence-electron chi connectivity index (χ0n) is 12.1. The highest BCUT2D eigenvalue weighted by atomic mass is 16.6. The van der Waals surface area contributed by atoms with E-state index in [9.17, 15) is 10.1 Å². The summed E-state index contributed by atoms with van der Waals surface area (Å²) in [6, 6.07) is 6.16. The van der Waals surface area contributed by atoms with Crippen LogP contribution in [-0.2, 0) is 0 Å². The highest BCUT2D eigenvalue weighted by Crippen LogP contribution is 2.52. The molecule has 104 valence electrons. The van der Waals surface area contributed by atoms with E-state index < -0.39 is 0 Å². The summed E-state index contributed by atoms with van der Waals surface area (Å²) < 4.78 is 0. The number of nitro benzene ring substituents is 1. The summed E-state index contributed by atoms with van der Waals surface area (Å²) >= 11 is 0. The van der Waals surface area contributed by atoms with Crippen LogP contribution < -0.4 is 5.32 Å². The highest BCUT2D eigenvalue weighted by molar-refractivity contribution is 5.45. The van der Waals surface area contributed by atoms with Crippen LogP contribution in [-0.4, -0.2) is 17.5 Å². The maximum Gasteiger partial charge on any atom is 0.272 e. The predicted molar refractivity (Wildman–Crippen MR) is 76.4 cm³/mol. The molecule has 1 N–H and O–H groups in total. The summed E-state index contributed by atoms with van der Waals surface area (Å²) in [5.41, 5.74) is 2.21. The Morgan fingerprint density at radius 3 is 2.68 bits per heavy atom. The summed E-state index contributed by atoms with van der Waals surface area (Å²) in [5, 5.41) is 14.5. The maximum absolute atomic E-state index is 11.0. The number of benzene rings is 1. The minimum Gasteiger partial charge on any atom is -0.314 e. The van der Waals surface area contributed by atoms with Gasteiger partial charge < -0.3 is 5.32 Å². The molecule has 4 heteroatoms. The molecule has 0 saturated heterocycles. The van der Waals surface area contributed by atoms with E-state index in [-0.39, 0.29) is 16.0 Å². The molecule has 0 aromatic heterocycles. The van der Waals surface area contributed by atoms with Crippen LogP contribution in [0.15, 0.2) is 18.2 Å². The van der Waals surface area contributed by atoms with Gasteiger partial charge in [-0.3, -0.25) is 10.1 Å². The quantitative estimate of drug-likeness (QED) is 0.668. The number of hydrogen-bond acceptors (Lipinski definition) is 3. The lowest BCUT2D eigenvalue weighted by molar-refractivity contribution is -0.385. The monoisotopic (exact) mass is 262 g/mol. The molecule has 1 aromatic rings. The SMILES string of the molecule is CCNC1CC(c2ccc(C)c([N+](=O)[O-])c2)C1(C)C. The van der Waals surface area contributed by atoms with Gasteiger partial charge in [0.2, 0.25) is 0 Å². The van der Waals surface area contributed by atoms with Crippen LogP contribution in [0.1, 0.15) is 44.2 Å². The number of aryl methyl sites for hydroxylation is 1. The van der Waals surface area contributed by atoms with E-state index in [4.69, 9.17) is 0 Å². The largest absolute Gasteiger partial charge is 0.314 e. The Morgan fingerprint density at radius 1 is 1.47 bits per heavy atom. The summed E-state index contributed by atoms with van der Waals surface area (Å²) in [6.45, 7) is 9.34. The fourth-order valence-corrected chi connectivity index (χ4v) is 3.12. The third kappa shape index (κ3) is 2.37. The molecule has 0 bridgehead atoms. The number of nitrogens with zero attached hydrogens (tertiary/aromatic N) is 1. The molecule has 1 saturated carbocycles.